The van der Waals surface area contributed by atoms with Gasteiger partial charge in [0, 0.05) is 5.56 Å². The molecule has 1 aromatic heterocycles. The lowest BCUT2D eigenvalue weighted by Gasteiger charge is -2.20. The van der Waals surface area contributed by atoms with Crippen molar-refractivity contribution in [3.05, 3.63) is 18.0 Å². The van der Waals surface area contributed by atoms with E-state index in [1.807, 2.05) is 20.8 Å². The number of rotatable bonds is 0. The highest BCUT2D eigenvalue weighted by Gasteiger charge is 2.21. The fourth-order valence-electron chi connectivity index (χ4n) is 1.21. The van der Waals surface area contributed by atoms with Gasteiger partial charge < -0.3 is 10.2 Å². The topological polar surface area (TPSA) is 53.4 Å². The van der Waals surface area contributed by atoms with Crippen LogP contribution in [0.5, 0.6) is 11.5 Å². The Balaban J connectivity index is 3.31. The molecule has 0 saturated carbocycles. The van der Waals surface area contributed by atoms with Crippen LogP contribution in [-0.4, -0.2) is 15.2 Å². The van der Waals surface area contributed by atoms with E-state index in [1.54, 1.807) is 0 Å². The summed E-state index contributed by atoms with van der Waals surface area (Å²) in [5, 5.41) is 18.8. The Morgan fingerprint density at radius 2 is 1.50 bits per heavy atom. The number of hydrogen-bond acceptors (Lipinski definition) is 3. The van der Waals surface area contributed by atoms with Crippen molar-refractivity contribution in [2.45, 2.75) is 26.2 Å². The lowest BCUT2D eigenvalue weighted by Crippen LogP contribution is -2.11. The first-order valence-corrected chi connectivity index (χ1v) is 3.79. The van der Waals surface area contributed by atoms with Gasteiger partial charge in [0.25, 0.3) is 0 Å². The first-order valence-electron chi connectivity index (χ1n) is 3.79. The number of aromatic hydroxyl groups is 2. The van der Waals surface area contributed by atoms with Crippen LogP contribution in [0.15, 0.2) is 12.4 Å². The molecule has 1 rings (SSSR count). The highest BCUT2D eigenvalue weighted by atomic mass is 16.3. The van der Waals surface area contributed by atoms with Crippen LogP contribution in [0.25, 0.3) is 0 Å². The fourth-order valence-corrected chi connectivity index (χ4v) is 1.21. The summed E-state index contributed by atoms with van der Waals surface area (Å²) in [5.41, 5.74) is 0.273. The van der Waals surface area contributed by atoms with Crippen LogP contribution in [-0.2, 0) is 5.41 Å². The number of aromatic nitrogens is 1. The lowest BCUT2D eigenvalue weighted by molar-refractivity contribution is 0.406. The van der Waals surface area contributed by atoms with Gasteiger partial charge in [0.05, 0.1) is 12.4 Å². The zero-order chi connectivity index (χ0) is 9.35. The Kier molecular flexibility index (Phi) is 1.96. The Morgan fingerprint density at radius 3 is 1.75 bits per heavy atom. The van der Waals surface area contributed by atoms with Gasteiger partial charge in [-0.3, -0.25) is 4.98 Å². The summed E-state index contributed by atoms with van der Waals surface area (Å²) in [6.07, 6.45) is 2.67. The van der Waals surface area contributed by atoms with E-state index in [0.717, 1.165) is 0 Å². The van der Waals surface area contributed by atoms with Gasteiger partial charge in [-0.25, -0.2) is 0 Å². The summed E-state index contributed by atoms with van der Waals surface area (Å²) in [6, 6.07) is 0. The summed E-state index contributed by atoms with van der Waals surface area (Å²) in [5.74, 6) is 0.0880. The average molecular weight is 167 g/mol. The molecule has 0 aliphatic rings. The van der Waals surface area contributed by atoms with Crippen LogP contribution in [0.1, 0.15) is 26.3 Å². The largest absolute Gasteiger partial charge is 0.506 e. The van der Waals surface area contributed by atoms with Gasteiger partial charge in [0.1, 0.15) is 11.5 Å². The molecular weight excluding hydrogens is 154 g/mol. The van der Waals surface area contributed by atoms with Crippen LogP contribution < -0.4 is 0 Å². The van der Waals surface area contributed by atoms with E-state index in [2.05, 4.69) is 4.98 Å². The van der Waals surface area contributed by atoms with Crippen molar-refractivity contribution in [1.29, 1.82) is 0 Å². The predicted molar refractivity (Wildman–Crippen MR) is 46.3 cm³/mol. The Morgan fingerprint density at radius 1 is 1.08 bits per heavy atom. The summed E-state index contributed by atoms with van der Waals surface area (Å²) in [7, 11) is 0. The van der Waals surface area contributed by atoms with E-state index < -0.39 is 0 Å². The molecule has 3 heteroatoms. The predicted octanol–water partition coefficient (Wildman–Crippen LogP) is 1.79. The summed E-state index contributed by atoms with van der Waals surface area (Å²) in [6.45, 7) is 5.76. The maximum atomic E-state index is 9.40. The highest BCUT2D eigenvalue weighted by molar-refractivity contribution is 5.44. The van der Waals surface area contributed by atoms with Gasteiger partial charge in [-0.1, -0.05) is 20.8 Å². The smallest absolute Gasteiger partial charge is 0.141 e. The first-order chi connectivity index (χ1) is 5.43. The van der Waals surface area contributed by atoms with E-state index >= 15 is 0 Å². The van der Waals surface area contributed by atoms with E-state index in [4.69, 9.17) is 0 Å². The van der Waals surface area contributed by atoms with E-state index in [9.17, 15) is 10.2 Å². The van der Waals surface area contributed by atoms with E-state index in [-0.39, 0.29) is 16.9 Å². The molecule has 12 heavy (non-hydrogen) atoms. The molecule has 0 fully saturated rings. The summed E-state index contributed by atoms with van der Waals surface area (Å²) < 4.78 is 0. The molecule has 0 saturated heterocycles. The number of pyridine rings is 1. The van der Waals surface area contributed by atoms with Crippen LogP contribution >= 0.6 is 0 Å². The second kappa shape index (κ2) is 2.66. The zero-order valence-electron chi connectivity index (χ0n) is 7.50. The van der Waals surface area contributed by atoms with Crippen LogP contribution in [0.3, 0.4) is 0 Å². The minimum absolute atomic E-state index is 0.0440. The molecule has 2 N–H and O–H groups in total. The van der Waals surface area contributed by atoms with Crippen molar-refractivity contribution in [2.75, 3.05) is 0 Å². The minimum Gasteiger partial charge on any atom is -0.506 e. The molecule has 1 heterocycles. The van der Waals surface area contributed by atoms with Crippen LogP contribution in [0, 0.1) is 0 Å². The maximum absolute atomic E-state index is 9.40. The number of hydrogen-bond donors (Lipinski definition) is 2. The van der Waals surface area contributed by atoms with Gasteiger partial charge in [-0.05, 0) is 5.41 Å². The molecule has 0 atom stereocenters. The molecule has 0 aliphatic heterocycles. The molecule has 0 aliphatic carbocycles. The monoisotopic (exact) mass is 167 g/mol. The Labute approximate surface area is 71.7 Å². The van der Waals surface area contributed by atoms with E-state index in [0.29, 0.717) is 5.56 Å². The van der Waals surface area contributed by atoms with Crippen molar-refractivity contribution < 1.29 is 10.2 Å². The number of nitrogens with zero attached hydrogens (tertiary/aromatic N) is 1. The quantitative estimate of drug-likeness (QED) is 0.619. The van der Waals surface area contributed by atoms with Crippen LogP contribution in [0.4, 0.5) is 0 Å². The van der Waals surface area contributed by atoms with Crippen molar-refractivity contribution >= 4 is 0 Å². The summed E-state index contributed by atoms with van der Waals surface area (Å²) in [4.78, 5) is 3.66. The lowest BCUT2D eigenvalue weighted by atomic mass is 9.86. The van der Waals surface area contributed by atoms with Gasteiger partial charge >= 0.3 is 0 Å². The molecule has 66 valence electrons. The fraction of sp³-hybridized carbons (Fsp3) is 0.444. The molecular formula is C9H13NO2. The molecule has 0 radical (unpaired) electrons. The van der Waals surface area contributed by atoms with Crippen molar-refractivity contribution in [2.24, 2.45) is 0 Å². The maximum Gasteiger partial charge on any atom is 0.141 e. The molecule has 0 aromatic carbocycles. The van der Waals surface area contributed by atoms with Crippen molar-refractivity contribution in [3.63, 3.8) is 0 Å². The molecule has 0 spiro atoms. The molecule has 0 amide bonds. The first kappa shape index (κ1) is 8.84. The molecule has 1 aromatic rings. The SMILES string of the molecule is CC(C)(C)c1c(O)cncc1O. The third-order valence-corrected chi connectivity index (χ3v) is 1.66. The van der Waals surface area contributed by atoms with Crippen molar-refractivity contribution in [3.8, 4) is 11.5 Å². The second-order valence-electron chi connectivity index (χ2n) is 3.80. The van der Waals surface area contributed by atoms with Crippen LogP contribution in [0.2, 0.25) is 0 Å². The molecule has 0 bridgehead atoms. The Hall–Kier alpha value is -1.25. The molecule has 0 unspecified atom stereocenters. The van der Waals surface area contributed by atoms with Gasteiger partial charge in [-0.2, -0.15) is 0 Å². The normalized spacial score (nSPS) is 11.6. The Bertz CT molecular complexity index is 269. The highest BCUT2D eigenvalue weighted by Crippen LogP contribution is 2.36. The van der Waals surface area contributed by atoms with Crippen molar-refractivity contribution in [1.82, 2.24) is 4.98 Å². The van der Waals surface area contributed by atoms with Gasteiger partial charge in [0.2, 0.25) is 0 Å². The average Bonchev–Trinajstić information content (AvgIpc) is 1.82. The third kappa shape index (κ3) is 1.49. The standard InChI is InChI=1S/C9H13NO2/c1-9(2,3)8-6(11)4-10-5-7(8)12/h4-5,11-12H,1-3H3. The van der Waals surface area contributed by atoms with Gasteiger partial charge in [0.15, 0.2) is 0 Å². The van der Waals surface area contributed by atoms with E-state index in [1.165, 1.54) is 12.4 Å². The van der Waals surface area contributed by atoms with Gasteiger partial charge in [-0.15, -0.1) is 0 Å². The minimum atomic E-state index is -0.267. The second-order valence-corrected chi connectivity index (χ2v) is 3.80. The third-order valence-electron chi connectivity index (χ3n) is 1.66. The summed E-state index contributed by atoms with van der Waals surface area (Å²) >= 11 is 0. The molecule has 3 nitrogen and oxygen atoms in total. The zero-order valence-corrected chi connectivity index (χ0v) is 7.50.